The van der Waals surface area contributed by atoms with Gasteiger partial charge in [-0.1, -0.05) is 6.07 Å². The molecule has 2 aromatic rings. The van der Waals surface area contributed by atoms with E-state index in [1.807, 2.05) is 41.5 Å². The second kappa shape index (κ2) is 8.92. The van der Waals surface area contributed by atoms with Gasteiger partial charge >= 0.3 is 5.97 Å². The summed E-state index contributed by atoms with van der Waals surface area (Å²) in [6.45, 7) is 3.77. The molecular weight excluding hydrogens is 390 g/mol. The van der Waals surface area contributed by atoms with E-state index < -0.39 is 0 Å². The van der Waals surface area contributed by atoms with Crippen LogP contribution in [0, 0.1) is 5.92 Å². The van der Waals surface area contributed by atoms with Crippen LogP contribution in [-0.4, -0.2) is 53.7 Å². The van der Waals surface area contributed by atoms with Crippen molar-refractivity contribution < 1.29 is 18.7 Å². The standard InChI is InChI=1S/C21H25N3O4S/c1-2-27-21(26)15-6-3-9-23(13-15)14-20(25)24-17(18-7-4-10-28-18)12-16(22-24)19-8-5-11-29-19/h4-5,7-8,10-11,15,17H,2-3,6,9,12-14H2,1H3. The minimum absolute atomic E-state index is 0.0811. The molecule has 0 N–H and O–H groups in total. The summed E-state index contributed by atoms with van der Waals surface area (Å²) >= 11 is 1.62. The van der Waals surface area contributed by atoms with Crippen molar-refractivity contribution >= 4 is 28.9 Å². The van der Waals surface area contributed by atoms with Crippen LogP contribution in [0.5, 0.6) is 0 Å². The molecule has 4 rings (SSSR count). The molecule has 0 spiro atoms. The third kappa shape index (κ3) is 4.43. The van der Waals surface area contributed by atoms with Crippen LogP contribution in [0.4, 0.5) is 0 Å². The zero-order valence-electron chi connectivity index (χ0n) is 16.5. The fourth-order valence-corrected chi connectivity index (χ4v) is 4.67. The summed E-state index contributed by atoms with van der Waals surface area (Å²) in [7, 11) is 0. The Morgan fingerprint density at radius 1 is 1.34 bits per heavy atom. The van der Waals surface area contributed by atoms with E-state index in [-0.39, 0.29) is 30.4 Å². The molecule has 2 aliphatic rings. The molecule has 0 saturated carbocycles. The van der Waals surface area contributed by atoms with Crippen LogP contribution in [0.3, 0.4) is 0 Å². The van der Waals surface area contributed by atoms with Gasteiger partial charge in [-0.2, -0.15) is 5.10 Å². The summed E-state index contributed by atoms with van der Waals surface area (Å²) in [5, 5.41) is 8.21. The molecule has 0 radical (unpaired) electrons. The Morgan fingerprint density at radius 3 is 2.97 bits per heavy atom. The van der Waals surface area contributed by atoms with Crippen LogP contribution in [0.15, 0.2) is 45.4 Å². The van der Waals surface area contributed by atoms with Gasteiger partial charge < -0.3 is 9.15 Å². The highest BCUT2D eigenvalue weighted by molar-refractivity contribution is 7.12. The maximum absolute atomic E-state index is 13.2. The van der Waals surface area contributed by atoms with Crippen molar-refractivity contribution in [2.45, 2.75) is 32.2 Å². The number of furan rings is 1. The number of amides is 1. The van der Waals surface area contributed by atoms with Crippen LogP contribution in [0.25, 0.3) is 0 Å². The Bertz CT molecular complexity index is 863. The zero-order valence-corrected chi connectivity index (χ0v) is 17.3. The molecule has 1 fully saturated rings. The molecule has 7 nitrogen and oxygen atoms in total. The predicted octanol–water partition coefficient (Wildman–Crippen LogP) is 3.29. The summed E-state index contributed by atoms with van der Waals surface area (Å²) in [6.07, 6.45) is 3.94. The van der Waals surface area contributed by atoms with Gasteiger partial charge in [-0.15, -0.1) is 11.3 Å². The van der Waals surface area contributed by atoms with Gasteiger partial charge in [0.2, 0.25) is 0 Å². The minimum atomic E-state index is -0.236. The molecule has 29 heavy (non-hydrogen) atoms. The third-order valence-electron chi connectivity index (χ3n) is 5.33. The summed E-state index contributed by atoms with van der Waals surface area (Å²) in [5.41, 5.74) is 0.901. The normalized spacial score (nSPS) is 22.5. The number of carbonyl (C=O) groups is 2. The number of carbonyl (C=O) groups excluding carboxylic acids is 2. The fraction of sp³-hybridized carbons (Fsp3) is 0.476. The zero-order chi connectivity index (χ0) is 20.2. The predicted molar refractivity (Wildman–Crippen MR) is 110 cm³/mol. The van der Waals surface area contributed by atoms with Crippen molar-refractivity contribution in [2.75, 3.05) is 26.2 Å². The number of hydrogen-bond donors (Lipinski definition) is 0. The van der Waals surface area contributed by atoms with Crippen molar-refractivity contribution in [2.24, 2.45) is 11.0 Å². The lowest BCUT2D eigenvalue weighted by molar-refractivity contribution is -0.150. The van der Waals surface area contributed by atoms with Crippen molar-refractivity contribution in [3.05, 3.63) is 46.5 Å². The van der Waals surface area contributed by atoms with Gasteiger partial charge in [0.05, 0.1) is 35.9 Å². The Morgan fingerprint density at radius 2 is 2.24 bits per heavy atom. The van der Waals surface area contributed by atoms with Crippen molar-refractivity contribution in [3.8, 4) is 0 Å². The number of nitrogens with zero attached hydrogens (tertiary/aromatic N) is 3. The number of likely N-dealkylation sites (tertiary alicyclic amines) is 1. The Hall–Kier alpha value is -2.45. The van der Waals surface area contributed by atoms with Gasteiger partial charge in [0, 0.05) is 13.0 Å². The van der Waals surface area contributed by atoms with E-state index in [0.717, 1.165) is 35.7 Å². The van der Waals surface area contributed by atoms with E-state index in [0.29, 0.717) is 19.6 Å². The lowest BCUT2D eigenvalue weighted by Gasteiger charge is -2.32. The first-order chi connectivity index (χ1) is 14.2. The van der Waals surface area contributed by atoms with E-state index in [9.17, 15) is 9.59 Å². The average molecular weight is 416 g/mol. The first-order valence-corrected chi connectivity index (χ1v) is 10.9. The number of esters is 1. The van der Waals surface area contributed by atoms with Crippen LogP contribution >= 0.6 is 11.3 Å². The first-order valence-electron chi connectivity index (χ1n) is 10.0. The molecule has 0 bridgehead atoms. The van der Waals surface area contributed by atoms with Gasteiger partial charge in [0.15, 0.2) is 0 Å². The van der Waals surface area contributed by atoms with Crippen molar-refractivity contribution in [1.29, 1.82) is 0 Å². The molecule has 2 atom stereocenters. The Kier molecular flexibility index (Phi) is 6.10. The average Bonchev–Trinajstić information content (AvgIpc) is 3.49. The summed E-state index contributed by atoms with van der Waals surface area (Å²) < 4.78 is 10.8. The van der Waals surface area contributed by atoms with Crippen LogP contribution in [0.2, 0.25) is 0 Å². The fourth-order valence-electron chi connectivity index (χ4n) is 3.95. The van der Waals surface area contributed by atoms with Crippen LogP contribution in [0.1, 0.15) is 42.9 Å². The van der Waals surface area contributed by atoms with Crippen molar-refractivity contribution in [3.63, 3.8) is 0 Å². The molecule has 2 unspecified atom stereocenters. The minimum Gasteiger partial charge on any atom is -0.467 e. The van der Waals surface area contributed by atoms with E-state index in [4.69, 9.17) is 9.15 Å². The molecule has 2 aromatic heterocycles. The number of thiophene rings is 1. The molecule has 1 saturated heterocycles. The van der Waals surface area contributed by atoms with Crippen LogP contribution < -0.4 is 0 Å². The summed E-state index contributed by atoms with van der Waals surface area (Å²) in [4.78, 5) is 28.3. The molecule has 0 aliphatic carbocycles. The number of rotatable bonds is 6. The molecule has 2 aliphatic heterocycles. The van der Waals surface area contributed by atoms with Crippen LogP contribution in [-0.2, 0) is 14.3 Å². The van der Waals surface area contributed by atoms with Gasteiger partial charge in [0.1, 0.15) is 11.8 Å². The summed E-state index contributed by atoms with van der Waals surface area (Å²) in [5.74, 6) is 0.317. The first kappa shape index (κ1) is 19.8. The van der Waals surface area contributed by atoms with Gasteiger partial charge in [-0.05, 0) is 49.9 Å². The molecule has 8 heteroatoms. The largest absolute Gasteiger partial charge is 0.467 e. The van der Waals surface area contributed by atoms with E-state index in [2.05, 4.69) is 5.10 Å². The highest BCUT2D eigenvalue weighted by atomic mass is 32.1. The van der Waals surface area contributed by atoms with Gasteiger partial charge in [-0.25, -0.2) is 5.01 Å². The topological polar surface area (TPSA) is 75.3 Å². The second-order valence-corrected chi connectivity index (χ2v) is 8.27. The quantitative estimate of drug-likeness (QED) is 0.677. The Labute approximate surface area is 173 Å². The van der Waals surface area contributed by atoms with E-state index in [1.165, 1.54) is 0 Å². The van der Waals surface area contributed by atoms with Gasteiger partial charge in [0.25, 0.3) is 5.91 Å². The lowest BCUT2D eigenvalue weighted by atomic mass is 9.98. The SMILES string of the molecule is CCOC(=O)C1CCCN(CC(=O)N2N=C(c3cccs3)CC2c2ccco2)C1. The van der Waals surface area contributed by atoms with Gasteiger partial charge in [-0.3, -0.25) is 14.5 Å². The number of piperidine rings is 1. The smallest absolute Gasteiger partial charge is 0.310 e. The van der Waals surface area contributed by atoms with Crippen molar-refractivity contribution in [1.82, 2.24) is 9.91 Å². The van der Waals surface area contributed by atoms with E-state index >= 15 is 0 Å². The molecule has 154 valence electrons. The number of hydrogen-bond acceptors (Lipinski definition) is 7. The maximum Gasteiger partial charge on any atom is 0.310 e. The molecule has 4 heterocycles. The highest BCUT2D eigenvalue weighted by Crippen LogP contribution is 2.34. The second-order valence-electron chi connectivity index (χ2n) is 7.32. The van der Waals surface area contributed by atoms with E-state index in [1.54, 1.807) is 22.6 Å². The molecule has 1 amide bonds. The maximum atomic E-state index is 13.2. The number of ether oxygens (including phenoxy) is 1. The monoisotopic (exact) mass is 415 g/mol. The number of hydrazone groups is 1. The Balaban J connectivity index is 1.47. The third-order valence-corrected chi connectivity index (χ3v) is 6.25. The molecular formula is C21H25N3O4S. The highest BCUT2D eigenvalue weighted by Gasteiger charge is 2.36. The molecule has 0 aromatic carbocycles. The lowest BCUT2D eigenvalue weighted by Crippen LogP contribution is -2.44. The summed E-state index contributed by atoms with van der Waals surface area (Å²) in [6, 6.07) is 7.48.